The quantitative estimate of drug-likeness (QED) is 0.569. The third-order valence-corrected chi connectivity index (χ3v) is 1.55. The minimum Gasteiger partial charge on any atom is -0.313 e. The van der Waals surface area contributed by atoms with Crippen LogP contribution >= 0.6 is 0 Å². The lowest BCUT2D eigenvalue weighted by Crippen LogP contribution is -2.26. The molecule has 1 saturated heterocycles. The van der Waals surface area contributed by atoms with Gasteiger partial charge in [-0.25, -0.2) is 4.39 Å². The van der Waals surface area contributed by atoms with Crippen molar-refractivity contribution in [2.24, 2.45) is 0 Å². The number of nitrogens with one attached hydrogen (secondary N) is 1. The van der Waals surface area contributed by atoms with Gasteiger partial charge in [-0.3, -0.25) is 0 Å². The monoisotopic (exact) mass is 162 g/mol. The summed E-state index contributed by atoms with van der Waals surface area (Å²) in [6.07, 6.45) is -0.683. The Morgan fingerprint density at radius 1 is 1.45 bits per heavy atom. The second-order valence-corrected chi connectivity index (χ2v) is 2.56. The van der Waals surface area contributed by atoms with E-state index in [4.69, 9.17) is 0 Å². The fourth-order valence-electron chi connectivity index (χ4n) is 1.02. The molecule has 1 heterocycles. The third kappa shape index (κ3) is 5.16. The third-order valence-electron chi connectivity index (χ3n) is 1.55. The highest BCUT2D eigenvalue weighted by Gasteiger charge is 2.12. The first-order chi connectivity index (χ1) is 5.29. The molecular formula is C8H19FN2. The molecule has 0 amide bonds. The van der Waals surface area contributed by atoms with Crippen molar-refractivity contribution in [2.75, 3.05) is 33.2 Å². The van der Waals surface area contributed by atoms with Gasteiger partial charge in [0.25, 0.3) is 0 Å². The van der Waals surface area contributed by atoms with Crippen molar-refractivity contribution in [1.29, 1.82) is 0 Å². The number of hydrogen-bond donors (Lipinski definition) is 1. The van der Waals surface area contributed by atoms with Gasteiger partial charge in [0, 0.05) is 26.2 Å². The summed E-state index contributed by atoms with van der Waals surface area (Å²) in [6, 6.07) is 0. The lowest BCUT2D eigenvalue weighted by atomic mass is 10.4. The molecule has 2 nitrogen and oxygen atoms in total. The van der Waals surface area contributed by atoms with Crippen LogP contribution in [-0.4, -0.2) is 44.3 Å². The van der Waals surface area contributed by atoms with Gasteiger partial charge in [-0.05, 0) is 7.05 Å². The van der Waals surface area contributed by atoms with Crippen LogP contribution in [0.25, 0.3) is 0 Å². The van der Waals surface area contributed by atoms with Gasteiger partial charge in [-0.2, -0.15) is 0 Å². The van der Waals surface area contributed by atoms with Crippen LogP contribution in [0.2, 0.25) is 0 Å². The number of likely N-dealkylation sites (N-methyl/N-ethyl adjacent to an activating group) is 1. The fourth-order valence-corrected chi connectivity index (χ4v) is 1.02. The molecule has 0 bridgehead atoms. The van der Waals surface area contributed by atoms with Crippen molar-refractivity contribution in [1.82, 2.24) is 10.2 Å². The molecule has 1 aliphatic heterocycles. The van der Waals surface area contributed by atoms with E-state index in [-0.39, 0.29) is 0 Å². The first-order valence-electron chi connectivity index (χ1n) is 4.32. The molecular weight excluding hydrogens is 143 g/mol. The Bertz CT molecular complexity index is 78.2. The molecule has 1 N–H and O–H groups in total. The summed E-state index contributed by atoms with van der Waals surface area (Å²) >= 11 is 0. The van der Waals surface area contributed by atoms with Gasteiger partial charge in [-0.1, -0.05) is 13.8 Å². The SMILES string of the molecule is CC.CN1CCNCC(F)C1. The number of halogens is 1. The van der Waals surface area contributed by atoms with Crippen LogP contribution in [0.15, 0.2) is 0 Å². The summed E-state index contributed by atoms with van der Waals surface area (Å²) in [5.41, 5.74) is 0. The Labute approximate surface area is 68.8 Å². The van der Waals surface area contributed by atoms with E-state index in [1.807, 2.05) is 25.8 Å². The van der Waals surface area contributed by atoms with Gasteiger partial charge in [-0.15, -0.1) is 0 Å². The molecule has 0 aromatic carbocycles. The molecule has 0 saturated carbocycles. The minimum atomic E-state index is -0.683. The highest BCUT2D eigenvalue weighted by molar-refractivity contribution is 4.69. The van der Waals surface area contributed by atoms with E-state index in [2.05, 4.69) is 5.32 Å². The van der Waals surface area contributed by atoms with Crippen LogP contribution < -0.4 is 5.32 Å². The summed E-state index contributed by atoms with van der Waals surface area (Å²) in [6.45, 7) is 6.97. The van der Waals surface area contributed by atoms with Crippen molar-refractivity contribution in [3.63, 3.8) is 0 Å². The first kappa shape index (κ1) is 10.8. The summed E-state index contributed by atoms with van der Waals surface area (Å²) in [4.78, 5) is 2.00. The van der Waals surface area contributed by atoms with E-state index >= 15 is 0 Å². The summed E-state index contributed by atoms with van der Waals surface area (Å²) in [5.74, 6) is 0. The summed E-state index contributed by atoms with van der Waals surface area (Å²) in [7, 11) is 1.94. The molecule has 11 heavy (non-hydrogen) atoms. The average molecular weight is 162 g/mol. The topological polar surface area (TPSA) is 15.3 Å². The first-order valence-corrected chi connectivity index (χ1v) is 4.32. The van der Waals surface area contributed by atoms with Crippen LogP contribution in [-0.2, 0) is 0 Å². The van der Waals surface area contributed by atoms with Crippen LogP contribution in [0.1, 0.15) is 13.8 Å². The maximum atomic E-state index is 12.6. The predicted molar refractivity (Wildman–Crippen MR) is 46.6 cm³/mol. The lowest BCUT2D eigenvalue weighted by Gasteiger charge is -2.12. The summed E-state index contributed by atoms with van der Waals surface area (Å²) in [5, 5.41) is 3.01. The van der Waals surface area contributed by atoms with Gasteiger partial charge < -0.3 is 10.2 Å². The molecule has 1 fully saturated rings. The van der Waals surface area contributed by atoms with E-state index < -0.39 is 6.17 Å². The normalized spacial score (nSPS) is 26.7. The molecule has 0 aromatic rings. The highest BCUT2D eigenvalue weighted by Crippen LogP contribution is 1.95. The summed E-state index contributed by atoms with van der Waals surface area (Å²) < 4.78 is 12.6. The maximum Gasteiger partial charge on any atom is 0.125 e. The van der Waals surface area contributed by atoms with E-state index in [0.29, 0.717) is 13.1 Å². The number of alkyl halides is 1. The Balaban J connectivity index is 0.000000461. The van der Waals surface area contributed by atoms with Gasteiger partial charge in [0.2, 0.25) is 0 Å². The van der Waals surface area contributed by atoms with Crippen molar-refractivity contribution >= 4 is 0 Å². The lowest BCUT2D eigenvalue weighted by molar-refractivity contribution is 0.248. The van der Waals surface area contributed by atoms with E-state index in [1.54, 1.807) is 0 Å². The zero-order valence-electron chi connectivity index (χ0n) is 7.73. The van der Waals surface area contributed by atoms with Crippen LogP contribution in [0.5, 0.6) is 0 Å². The fraction of sp³-hybridized carbons (Fsp3) is 1.00. The number of hydrogen-bond acceptors (Lipinski definition) is 2. The van der Waals surface area contributed by atoms with E-state index in [9.17, 15) is 4.39 Å². The number of nitrogens with zero attached hydrogens (tertiary/aromatic N) is 1. The second kappa shape index (κ2) is 6.55. The minimum absolute atomic E-state index is 0.518. The molecule has 1 unspecified atom stereocenters. The standard InChI is InChI=1S/C6H13FN2.C2H6/c1-9-3-2-8-4-6(7)5-9;1-2/h6,8H,2-5H2,1H3;1-2H3. The predicted octanol–water partition coefficient (Wildman–Crippen LogP) is 0.886. The smallest absolute Gasteiger partial charge is 0.125 e. The second-order valence-electron chi connectivity index (χ2n) is 2.56. The maximum absolute atomic E-state index is 12.6. The van der Waals surface area contributed by atoms with Gasteiger partial charge in [0.05, 0.1) is 0 Å². The molecule has 1 atom stereocenters. The van der Waals surface area contributed by atoms with E-state index in [1.165, 1.54) is 0 Å². The van der Waals surface area contributed by atoms with Crippen molar-refractivity contribution < 1.29 is 4.39 Å². The van der Waals surface area contributed by atoms with Crippen LogP contribution in [0.4, 0.5) is 4.39 Å². The molecule has 0 spiro atoms. The molecule has 0 radical (unpaired) electrons. The van der Waals surface area contributed by atoms with E-state index in [0.717, 1.165) is 13.1 Å². The van der Waals surface area contributed by atoms with Gasteiger partial charge in [0.1, 0.15) is 6.17 Å². The molecule has 68 valence electrons. The zero-order chi connectivity index (χ0) is 8.69. The molecule has 0 aliphatic carbocycles. The van der Waals surface area contributed by atoms with Gasteiger partial charge >= 0.3 is 0 Å². The Kier molecular flexibility index (Phi) is 6.46. The molecule has 3 heteroatoms. The largest absolute Gasteiger partial charge is 0.313 e. The Morgan fingerprint density at radius 3 is 2.73 bits per heavy atom. The van der Waals surface area contributed by atoms with Crippen molar-refractivity contribution in [3.05, 3.63) is 0 Å². The van der Waals surface area contributed by atoms with Crippen LogP contribution in [0, 0.1) is 0 Å². The molecule has 0 aromatic heterocycles. The van der Waals surface area contributed by atoms with Gasteiger partial charge in [0.15, 0.2) is 0 Å². The van der Waals surface area contributed by atoms with Crippen LogP contribution in [0.3, 0.4) is 0 Å². The zero-order valence-corrected chi connectivity index (χ0v) is 7.73. The Hall–Kier alpha value is -0.150. The van der Waals surface area contributed by atoms with Crippen molar-refractivity contribution in [3.8, 4) is 0 Å². The molecule has 1 rings (SSSR count). The Morgan fingerprint density at radius 2 is 2.09 bits per heavy atom. The molecule has 1 aliphatic rings. The number of rotatable bonds is 0. The highest BCUT2D eigenvalue weighted by atomic mass is 19.1. The van der Waals surface area contributed by atoms with Crippen molar-refractivity contribution in [2.45, 2.75) is 20.0 Å². The average Bonchev–Trinajstić information content (AvgIpc) is 2.18.